The number of rotatable bonds is 6. The molecule has 1 aliphatic rings. The molecule has 1 aliphatic heterocycles. The molecule has 7 nitrogen and oxygen atoms in total. The average Bonchev–Trinajstić information content (AvgIpc) is 3.14. The lowest BCUT2D eigenvalue weighted by molar-refractivity contribution is -0.117. The van der Waals surface area contributed by atoms with Gasteiger partial charge in [0.25, 0.3) is 5.91 Å². The maximum absolute atomic E-state index is 12.5. The third kappa shape index (κ3) is 4.66. The number of hydrogen-bond acceptors (Lipinski definition) is 6. The molecule has 0 aliphatic carbocycles. The van der Waals surface area contributed by atoms with E-state index in [4.69, 9.17) is 16.3 Å². The zero-order valence-corrected chi connectivity index (χ0v) is 15.7. The van der Waals surface area contributed by atoms with Crippen LogP contribution in [0, 0.1) is 11.3 Å². The van der Waals surface area contributed by atoms with Crippen LogP contribution in [-0.2, 0) is 22.4 Å². The number of ketones is 1. The predicted molar refractivity (Wildman–Crippen MR) is 101 cm³/mol. The van der Waals surface area contributed by atoms with Crippen LogP contribution >= 0.6 is 11.6 Å². The number of carbonyl (C=O) groups is 2. The molecule has 144 valence electrons. The van der Waals surface area contributed by atoms with Crippen LogP contribution in [-0.4, -0.2) is 40.5 Å². The summed E-state index contributed by atoms with van der Waals surface area (Å²) in [7, 11) is 0. The first kappa shape index (κ1) is 19.8. The van der Waals surface area contributed by atoms with Crippen molar-refractivity contribution in [1.82, 2.24) is 10.3 Å². The highest BCUT2D eigenvalue weighted by Gasteiger charge is 2.37. The maximum atomic E-state index is 12.5. The number of aromatic nitrogens is 1. The minimum Gasteiger partial charge on any atom is -0.508 e. The van der Waals surface area contributed by atoms with Crippen molar-refractivity contribution in [1.29, 1.82) is 5.26 Å². The number of aromatic hydroxyl groups is 1. The van der Waals surface area contributed by atoms with Crippen molar-refractivity contribution < 1.29 is 19.4 Å². The van der Waals surface area contributed by atoms with E-state index in [-0.39, 0.29) is 36.7 Å². The smallest absolute Gasteiger partial charge is 0.271 e. The van der Waals surface area contributed by atoms with Crippen LogP contribution in [0.4, 0.5) is 0 Å². The van der Waals surface area contributed by atoms with Crippen molar-refractivity contribution in [3.63, 3.8) is 0 Å². The van der Waals surface area contributed by atoms with Gasteiger partial charge in [-0.3, -0.25) is 14.6 Å². The molecular formula is C20H18ClN3O4. The minimum absolute atomic E-state index is 0.00753. The second-order valence-electron chi connectivity index (χ2n) is 6.67. The Bertz CT molecular complexity index is 949. The highest BCUT2D eigenvalue weighted by atomic mass is 35.5. The lowest BCUT2D eigenvalue weighted by Gasteiger charge is -2.20. The van der Waals surface area contributed by atoms with Gasteiger partial charge in [-0.25, -0.2) is 0 Å². The lowest BCUT2D eigenvalue weighted by atomic mass is 10.00. The van der Waals surface area contributed by atoms with Crippen LogP contribution in [0.25, 0.3) is 0 Å². The summed E-state index contributed by atoms with van der Waals surface area (Å²) in [5.41, 5.74) is 0.133. The quantitative estimate of drug-likeness (QED) is 0.770. The third-order valence-electron chi connectivity index (χ3n) is 4.48. The topological polar surface area (TPSA) is 112 Å². The Balaban J connectivity index is 1.67. The van der Waals surface area contributed by atoms with Gasteiger partial charge in [0.2, 0.25) is 0 Å². The Morgan fingerprint density at radius 3 is 2.86 bits per heavy atom. The van der Waals surface area contributed by atoms with E-state index < -0.39 is 11.4 Å². The molecule has 1 aromatic heterocycles. The molecule has 0 bridgehead atoms. The fourth-order valence-electron chi connectivity index (χ4n) is 2.97. The van der Waals surface area contributed by atoms with E-state index in [1.807, 2.05) is 0 Å². The van der Waals surface area contributed by atoms with Crippen molar-refractivity contribution in [2.24, 2.45) is 0 Å². The molecule has 8 heteroatoms. The number of phenols is 1. The van der Waals surface area contributed by atoms with Crippen LogP contribution in [0.2, 0.25) is 5.02 Å². The fraction of sp³-hybridized carbons (Fsp3) is 0.300. The number of nitrogens with zero attached hydrogens (tertiary/aromatic N) is 2. The number of carbonyl (C=O) groups excluding carboxylic acids is 2. The molecule has 0 saturated carbocycles. The van der Waals surface area contributed by atoms with Gasteiger partial charge in [-0.2, -0.15) is 5.26 Å². The summed E-state index contributed by atoms with van der Waals surface area (Å²) in [6.07, 6.45) is 1.95. The number of ether oxygens (including phenoxy) is 1. The summed E-state index contributed by atoms with van der Waals surface area (Å²) in [5.74, 6) is -0.630. The van der Waals surface area contributed by atoms with Gasteiger partial charge in [-0.15, -0.1) is 0 Å². The zero-order chi connectivity index (χ0) is 20.1. The largest absolute Gasteiger partial charge is 0.508 e. The Hall–Kier alpha value is -2.95. The van der Waals surface area contributed by atoms with E-state index in [0.717, 1.165) is 0 Å². The monoisotopic (exact) mass is 399 g/mol. The van der Waals surface area contributed by atoms with Gasteiger partial charge >= 0.3 is 0 Å². The van der Waals surface area contributed by atoms with Crippen LogP contribution in [0.1, 0.15) is 28.0 Å². The van der Waals surface area contributed by atoms with Crippen molar-refractivity contribution in [2.45, 2.75) is 24.8 Å². The summed E-state index contributed by atoms with van der Waals surface area (Å²) in [5, 5.41) is 22.3. The molecule has 1 saturated heterocycles. The number of Topliss-reactive ketones (excluding diaryl/α,β-unsaturated/α-hetero) is 1. The second kappa shape index (κ2) is 8.38. The summed E-state index contributed by atoms with van der Waals surface area (Å²) in [6.45, 7) is 0.544. The summed E-state index contributed by atoms with van der Waals surface area (Å²) < 4.78 is 5.21. The molecule has 2 aromatic rings. The highest BCUT2D eigenvalue weighted by Crippen LogP contribution is 2.22. The number of amides is 1. The second-order valence-corrected chi connectivity index (χ2v) is 7.10. The Morgan fingerprint density at radius 2 is 2.14 bits per heavy atom. The molecule has 1 aromatic carbocycles. The van der Waals surface area contributed by atoms with E-state index in [1.165, 1.54) is 18.3 Å². The van der Waals surface area contributed by atoms with Crippen LogP contribution in [0.3, 0.4) is 0 Å². The van der Waals surface area contributed by atoms with E-state index in [9.17, 15) is 20.0 Å². The molecule has 0 spiro atoms. The Kier molecular flexibility index (Phi) is 5.93. The van der Waals surface area contributed by atoms with Crippen LogP contribution < -0.4 is 5.32 Å². The Morgan fingerprint density at radius 1 is 1.32 bits per heavy atom. The molecule has 2 heterocycles. The van der Waals surface area contributed by atoms with Gasteiger partial charge in [0.15, 0.2) is 5.54 Å². The number of nitriles is 1. The molecule has 1 fully saturated rings. The molecule has 3 rings (SSSR count). The van der Waals surface area contributed by atoms with Crippen molar-refractivity contribution in [3.8, 4) is 11.8 Å². The van der Waals surface area contributed by atoms with Crippen LogP contribution in [0.15, 0.2) is 36.5 Å². The van der Waals surface area contributed by atoms with Crippen molar-refractivity contribution in [3.05, 3.63) is 58.4 Å². The number of nitrogens with one attached hydrogen (secondary N) is 1. The summed E-state index contributed by atoms with van der Waals surface area (Å²) >= 11 is 5.90. The molecule has 28 heavy (non-hydrogen) atoms. The molecular weight excluding hydrogens is 382 g/mol. The Labute approximate surface area is 166 Å². The van der Waals surface area contributed by atoms with Crippen LogP contribution in [0.5, 0.6) is 5.75 Å². The zero-order valence-electron chi connectivity index (χ0n) is 14.9. The number of phenolic OH excluding ortho intramolecular Hbond substituents is 1. The minimum atomic E-state index is -1.05. The first-order chi connectivity index (χ1) is 13.4. The van der Waals surface area contributed by atoms with Gasteiger partial charge in [0.1, 0.15) is 17.2 Å². The SMILES string of the molecule is N#CC1(NC(=O)c2cc(CC(=O)Cc3cc(Cl)ccc3O)ccn2)CCOC1. The van der Waals surface area contributed by atoms with Gasteiger partial charge in [0, 0.05) is 36.0 Å². The van der Waals surface area contributed by atoms with E-state index in [1.54, 1.807) is 18.2 Å². The van der Waals surface area contributed by atoms with E-state index in [0.29, 0.717) is 29.2 Å². The molecule has 1 amide bonds. The molecule has 2 N–H and O–H groups in total. The third-order valence-corrected chi connectivity index (χ3v) is 4.71. The first-order valence-corrected chi connectivity index (χ1v) is 9.04. The molecule has 1 atom stereocenters. The van der Waals surface area contributed by atoms with Gasteiger partial charge in [0.05, 0.1) is 19.3 Å². The molecule has 0 radical (unpaired) electrons. The normalized spacial score (nSPS) is 18.4. The number of pyridine rings is 1. The predicted octanol–water partition coefficient (Wildman–Crippen LogP) is 2.21. The van der Waals surface area contributed by atoms with Gasteiger partial charge in [-0.05, 0) is 35.9 Å². The van der Waals surface area contributed by atoms with Gasteiger partial charge in [-0.1, -0.05) is 11.6 Å². The van der Waals surface area contributed by atoms with Crippen molar-refractivity contribution >= 4 is 23.3 Å². The first-order valence-electron chi connectivity index (χ1n) is 8.66. The summed E-state index contributed by atoms with van der Waals surface area (Å²) in [6, 6.07) is 9.79. The fourth-order valence-corrected chi connectivity index (χ4v) is 3.16. The molecule has 1 unspecified atom stereocenters. The number of halogens is 1. The van der Waals surface area contributed by atoms with Crippen molar-refractivity contribution in [2.75, 3.05) is 13.2 Å². The average molecular weight is 400 g/mol. The lowest BCUT2D eigenvalue weighted by Crippen LogP contribution is -2.48. The standard InChI is InChI=1S/C20H18ClN3O4/c21-15-1-2-18(26)14(9-15)10-16(25)7-13-3-5-23-17(8-13)19(27)24-20(11-22)4-6-28-12-20/h1-3,5,8-9,26H,4,6-7,10,12H2,(H,24,27). The highest BCUT2D eigenvalue weighted by molar-refractivity contribution is 6.30. The number of hydrogen-bond donors (Lipinski definition) is 2. The van der Waals surface area contributed by atoms with Gasteiger partial charge < -0.3 is 15.2 Å². The maximum Gasteiger partial charge on any atom is 0.271 e. The summed E-state index contributed by atoms with van der Waals surface area (Å²) in [4.78, 5) is 28.9. The van der Waals surface area contributed by atoms with E-state index >= 15 is 0 Å². The number of benzene rings is 1. The van der Waals surface area contributed by atoms with E-state index in [2.05, 4.69) is 16.4 Å².